The minimum atomic E-state index is -1.16. The number of carbonyl (C=O) groups excluding carboxylic acids is 1. The van der Waals surface area contributed by atoms with E-state index in [1.54, 1.807) is 0 Å². The van der Waals surface area contributed by atoms with Gasteiger partial charge in [-0.2, -0.15) is 0 Å². The predicted molar refractivity (Wildman–Crippen MR) is 70.4 cm³/mol. The van der Waals surface area contributed by atoms with Crippen LogP contribution < -0.4 is 11.2 Å². The minimum absolute atomic E-state index is 0.0612. The fraction of sp³-hybridized carbons (Fsp3) is 0.333. The molecule has 108 valence electrons. The Morgan fingerprint density at radius 1 is 1.45 bits per heavy atom. The van der Waals surface area contributed by atoms with Gasteiger partial charge in [-0.3, -0.25) is 23.5 Å². The lowest BCUT2D eigenvalue weighted by Crippen LogP contribution is -2.43. The number of aliphatic carboxylic acids is 1. The van der Waals surface area contributed by atoms with Crippen molar-refractivity contribution in [2.75, 3.05) is 13.1 Å². The summed E-state index contributed by atoms with van der Waals surface area (Å²) in [6.07, 6.45) is 2.60. The second-order valence-corrected chi connectivity index (χ2v) is 4.08. The van der Waals surface area contributed by atoms with Gasteiger partial charge in [0.15, 0.2) is 0 Å². The van der Waals surface area contributed by atoms with Gasteiger partial charge in [0, 0.05) is 25.9 Å². The third kappa shape index (κ3) is 3.67. The van der Waals surface area contributed by atoms with Crippen LogP contribution in [0.3, 0.4) is 0 Å². The molecule has 0 spiro atoms. The highest BCUT2D eigenvalue weighted by molar-refractivity contribution is 5.81. The van der Waals surface area contributed by atoms with Crippen molar-refractivity contribution in [3.05, 3.63) is 45.8 Å². The summed E-state index contributed by atoms with van der Waals surface area (Å²) in [5.41, 5.74) is -1.12. The van der Waals surface area contributed by atoms with E-state index in [1.165, 1.54) is 19.3 Å². The third-order valence-corrected chi connectivity index (χ3v) is 2.59. The summed E-state index contributed by atoms with van der Waals surface area (Å²) >= 11 is 0. The number of hydrogen-bond donors (Lipinski definition) is 1. The van der Waals surface area contributed by atoms with Crippen molar-refractivity contribution in [3.63, 3.8) is 0 Å². The first-order chi connectivity index (χ1) is 9.36. The van der Waals surface area contributed by atoms with Crippen molar-refractivity contribution >= 4 is 11.9 Å². The fourth-order valence-electron chi connectivity index (χ4n) is 1.56. The lowest BCUT2D eigenvalue weighted by Gasteiger charge is -2.19. The first-order valence-electron chi connectivity index (χ1n) is 5.73. The van der Waals surface area contributed by atoms with Gasteiger partial charge in [0.05, 0.1) is 0 Å². The van der Waals surface area contributed by atoms with Crippen LogP contribution in [0.1, 0.15) is 0 Å². The summed E-state index contributed by atoms with van der Waals surface area (Å²) in [5, 5.41) is 8.72. The highest BCUT2D eigenvalue weighted by Crippen LogP contribution is 1.93. The zero-order chi connectivity index (χ0) is 15.3. The van der Waals surface area contributed by atoms with Crippen LogP contribution in [0.25, 0.3) is 0 Å². The van der Waals surface area contributed by atoms with Crippen molar-refractivity contribution in [2.45, 2.75) is 6.54 Å². The Bertz CT molecular complexity index is 643. The van der Waals surface area contributed by atoms with E-state index in [0.717, 1.165) is 20.1 Å². The molecule has 8 heteroatoms. The first kappa shape index (κ1) is 15.4. The third-order valence-electron chi connectivity index (χ3n) is 2.59. The van der Waals surface area contributed by atoms with Gasteiger partial charge in [-0.25, -0.2) is 4.79 Å². The van der Waals surface area contributed by atoms with Gasteiger partial charge in [-0.15, -0.1) is 6.58 Å². The zero-order valence-corrected chi connectivity index (χ0v) is 11.0. The average Bonchev–Trinajstić information content (AvgIpc) is 2.38. The zero-order valence-electron chi connectivity index (χ0n) is 11.0. The molecule has 0 fully saturated rings. The normalized spacial score (nSPS) is 10.1. The molecule has 1 rings (SSSR count). The van der Waals surface area contributed by atoms with E-state index in [4.69, 9.17) is 5.11 Å². The molecule has 0 saturated carbocycles. The standard InChI is InChI=1S/C12H15N3O5/c1-3-5-14(8-11(18)19)10(17)7-15-6-4-9(16)13(2)12(15)20/h3-4,6H,1,5,7-8H2,2H3,(H,18,19). The SMILES string of the molecule is C=CCN(CC(=O)O)C(=O)Cn1ccc(=O)n(C)c1=O. The van der Waals surface area contributed by atoms with E-state index in [9.17, 15) is 19.2 Å². The van der Waals surface area contributed by atoms with Gasteiger partial charge < -0.3 is 10.0 Å². The van der Waals surface area contributed by atoms with Gasteiger partial charge in [-0.05, 0) is 0 Å². The van der Waals surface area contributed by atoms with E-state index in [-0.39, 0.29) is 13.1 Å². The van der Waals surface area contributed by atoms with Gasteiger partial charge in [0.1, 0.15) is 13.1 Å². The van der Waals surface area contributed by atoms with Gasteiger partial charge in [-0.1, -0.05) is 6.08 Å². The Kier molecular flexibility index (Phi) is 5.01. The summed E-state index contributed by atoms with van der Waals surface area (Å²) in [5.74, 6) is -1.71. The Labute approximate surface area is 114 Å². The highest BCUT2D eigenvalue weighted by atomic mass is 16.4. The number of nitrogens with zero attached hydrogens (tertiary/aromatic N) is 3. The Morgan fingerprint density at radius 2 is 2.10 bits per heavy atom. The molecule has 1 aromatic rings. The molecule has 1 amide bonds. The lowest BCUT2D eigenvalue weighted by atomic mass is 10.4. The molecule has 0 aliphatic carbocycles. The smallest absolute Gasteiger partial charge is 0.331 e. The lowest BCUT2D eigenvalue weighted by molar-refractivity contribution is -0.144. The average molecular weight is 281 g/mol. The largest absolute Gasteiger partial charge is 0.480 e. The van der Waals surface area contributed by atoms with Crippen LogP contribution in [0.5, 0.6) is 0 Å². The summed E-state index contributed by atoms with van der Waals surface area (Å²) in [7, 11) is 1.30. The number of amides is 1. The van der Waals surface area contributed by atoms with Crippen LogP contribution in [-0.2, 0) is 23.2 Å². The van der Waals surface area contributed by atoms with Crippen molar-refractivity contribution < 1.29 is 14.7 Å². The van der Waals surface area contributed by atoms with Crippen LogP contribution in [-0.4, -0.2) is 44.1 Å². The molecule has 0 atom stereocenters. The number of hydrogen-bond acceptors (Lipinski definition) is 4. The number of rotatable bonds is 6. The molecule has 8 nitrogen and oxygen atoms in total. The summed E-state index contributed by atoms with van der Waals surface area (Å²) < 4.78 is 1.91. The maximum absolute atomic E-state index is 12.0. The second kappa shape index (κ2) is 6.50. The molecule has 0 radical (unpaired) electrons. The molecule has 0 aliphatic heterocycles. The summed E-state index contributed by atoms with van der Waals surface area (Å²) in [4.78, 5) is 46.6. The van der Waals surface area contributed by atoms with Crippen molar-refractivity contribution in [1.82, 2.24) is 14.0 Å². The predicted octanol–water partition coefficient (Wildman–Crippen LogP) is -1.35. The van der Waals surface area contributed by atoms with Gasteiger partial charge in [0.2, 0.25) is 5.91 Å². The fourth-order valence-corrected chi connectivity index (χ4v) is 1.56. The van der Waals surface area contributed by atoms with E-state index in [1.807, 2.05) is 0 Å². The number of carboxylic acid groups (broad SMARTS) is 1. The maximum Gasteiger partial charge on any atom is 0.331 e. The van der Waals surface area contributed by atoms with Crippen LogP contribution in [0, 0.1) is 0 Å². The van der Waals surface area contributed by atoms with E-state index >= 15 is 0 Å². The number of carbonyl (C=O) groups is 2. The Morgan fingerprint density at radius 3 is 2.65 bits per heavy atom. The van der Waals surface area contributed by atoms with E-state index < -0.39 is 29.7 Å². The monoisotopic (exact) mass is 281 g/mol. The molecule has 0 bridgehead atoms. The Hall–Kier alpha value is -2.64. The summed E-state index contributed by atoms with van der Waals surface area (Å²) in [6, 6.07) is 1.16. The second-order valence-electron chi connectivity index (χ2n) is 4.08. The molecular formula is C12H15N3O5. The molecule has 0 aromatic carbocycles. The van der Waals surface area contributed by atoms with Gasteiger partial charge in [0.25, 0.3) is 5.56 Å². The highest BCUT2D eigenvalue weighted by Gasteiger charge is 2.16. The van der Waals surface area contributed by atoms with Crippen molar-refractivity contribution in [1.29, 1.82) is 0 Å². The van der Waals surface area contributed by atoms with Crippen molar-refractivity contribution in [3.8, 4) is 0 Å². The van der Waals surface area contributed by atoms with Crippen LogP contribution in [0.15, 0.2) is 34.5 Å². The van der Waals surface area contributed by atoms with Crippen molar-refractivity contribution in [2.24, 2.45) is 7.05 Å². The number of carboxylic acids is 1. The molecule has 0 unspecified atom stereocenters. The first-order valence-corrected chi connectivity index (χ1v) is 5.73. The van der Waals surface area contributed by atoms with E-state index in [0.29, 0.717) is 0 Å². The maximum atomic E-state index is 12.0. The molecule has 1 N–H and O–H groups in total. The molecule has 0 saturated heterocycles. The number of aromatic nitrogens is 2. The van der Waals surface area contributed by atoms with Crippen LogP contribution >= 0.6 is 0 Å². The van der Waals surface area contributed by atoms with Crippen LogP contribution in [0.2, 0.25) is 0 Å². The Balaban J connectivity index is 2.96. The minimum Gasteiger partial charge on any atom is -0.480 e. The topological polar surface area (TPSA) is 102 Å². The molecule has 20 heavy (non-hydrogen) atoms. The molecule has 0 aliphatic rings. The molecule has 1 aromatic heterocycles. The molecular weight excluding hydrogens is 266 g/mol. The summed E-state index contributed by atoms with van der Waals surface area (Å²) in [6.45, 7) is 2.68. The van der Waals surface area contributed by atoms with Gasteiger partial charge >= 0.3 is 11.7 Å². The molecule has 1 heterocycles. The quantitative estimate of drug-likeness (QED) is 0.649. The van der Waals surface area contributed by atoms with Crippen LogP contribution in [0.4, 0.5) is 0 Å². The van der Waals surface area contributed by atoms with E-state index in [2.05, 4.69) is 6.58 Å².